The zero-order valence-corrected chi connectivity index (χ0v) is 20.1. The SMILES string of the molecule is Cc1sc(-c2ccccc2)nc1CC(=O)NC1CCC(Cc2ccccc2)(N(C)C)CC1. The van der Waals surface area contributed by atoms with Crippen LogP contribution in [0.1, 0.15) is 41.8 Å². The second kappa shape index (κ2) is 9.97. The van der Waals surface area contributed by atoms with Gasteiger partial charge in [0.25, 0.3) is 0 Å². The Morgan fingerprint density at radius 2 is 1.69 bits per heavy atom. The van der Waals surface area contributed by atoms with Crippen LogP contribution in [0.25, 0.3) is 10.6 Å². The maximum absolute atomic E-state index is 12.8. The van der Waals surface area contributed by atoms with E-state index in [0.29, 0.717) is 6.42 Å². The molecule has 0 spiro atoms. The van der Waals surface area contributed by atoms with Crippen molar-refractivity contribution in [3.05, 3.63) is 76.8 Å². The van der Waals surface area contributed by atoms with Gasteiger partial charge in [0.2, 0.25) is 5.91 Å². The molecule has 1 fully saturated rings. The molecule has 32 heavy (non-hydrogen) atoms. The van der Waals surface area contributed by atoms with Gasteiger partial charge in [0.1, 0.15) is 5.01 Å². The molecule has 4 nitrogen and oxygen atoms in total. The van der Waals surface area contributed by atoms with Crippen molar-refractivity contribution in [2.75, 3.05) is 14.1 Å². The zero-order chi connectivity index (χ0) is 22.6. The lowest BCUT2D eigenvalue weighted by molar-refractivity contribution is -0.121. The Morgan fingerprint density at radius 1 is 1.06 bits per heavy atom. The van der Waals surface area contributed by atoms with E-state index in [1.807, 2.05) is 18.2 Å². The second-order valence-corrected chi connectivity index (χ2v) is 10.4. The van der Waals surface area contributed by atoms with Gasteiger partial charge in [-0.2, -0.15) is 0 Å². The molecule has 5 heteroatoms. The van der Waals surface area contributed by atoms with Crippen LogP contribution in [0, 0.1) is 6.92 Å². The van der Waals surface area contributed by atoms with E-state index in [2.05, 4.69) is 73.7 Å². The predicted molar refractivity (Wildman–Crippen MR) is 133 cm³/mol. The first-order valence-electron chi connectivity index (χ1n) is 11.5. The smallest absolute Gasteiger partial charge is 0.226 e. The molecule has 168 valence electrons. The number of likely N-dealkylation sites (N-methyl/N-ethyl adjacent to an activating group) is 1. The molecule has 0 atom stereocenters. The Hall–Kier alpha value is -2.50. The third kappa shape index (κ3) is 5.28. The molecule has 1 saturated carbocycles. The van der Waals surface area contributed by atoms with E-state index in [-0.39, 0.29) is 17.5 Å². The molecule has 1 amide bonds. The summed E-state index contributed by atoms with van der Waals surface area (Å²) in [6, 6.07) is 21.2. The minimum absolute atomic E-state index is 0.0865. The average Bonchev–Trinajstić information content (AvgIpc) is 3.16. The fraction of sp³-hybridized carbons (Fsp3) is 0.407. The molecule has 0 saturated heterocycles. The molecule has 0 unspecified atom stereocenters. The van der Waals surface area contributed by atoms with Crippen molar-refractivity contribution in [2.24, 2.45) is 0 Å². The molecular formula is C27H33N3OS. The monoisotopic (exact) mass is 447 g/mol. The van der Waals surface area contributed by atoms with Crippen molar-refractivity contribution in [2.45, 2.75) is 57.0 Å². The maximum Gasteiger partial charge on any atom is 0.226 e. The lowest BCUT2D eigenvalue weighted by atomic mass is 9.75. The van der Waals surface area contributed by atoms with E-state index < -0.39 is 0 Å². The largest absolute Gasteiger partial charge is 0.353 e. The highest BCUT2D eigenvalue weighted by molar-refractivity contribution is 7.15. The lowest BCUT2D eigenvalue weighted by Gasteiger charge is -2.45. The second-order valence-electron chi connectivity index (χ2n) is 9.19. The predicted octanol–water partition coefficient (Wildman–Crippen LogP) is 5.26. The standard InChI is InChI=1S/C27H33N3OS/c1-20-24(29-26(32-20)22-12-8-5-9-13-22)18-25(31)28-23-14-16-27(17-15-23,30(2)3)19-21-10-6-4-7-11-21/h4-13,23H,14-19H2,1-3H3,(H,28,31). The number of carbonyl (C=O) groups is 1. The summed E-state index contributed by atoms with van der Waals surface area (Å²) in [5.41, 5.74) is 3.56. The molecule has 2 aromatic carbocycles. The quantitative estimate of drug-likeness (QED) is 0.537. The van der Waals surface area contributed by atoms with Crippen molar-refractivity contribution in [1.82, 2.24) is 15.2 Å². The molecule has 0 radical (unpaired) electrons. The summed E-state index contributed by atoms with van der Waals surface area (Å²) in [5.74, 6) is 0.0865. The van der Waals surface area contributed by atoms with Crippen LogP contribution in [-0.4, -0.2) is 41.5 Å². The third-order valence-corrected chi connectivity index (χ3v) is 7.91. The zero-order valence-electron chi connectivity index (χ0n) is 19.3. The van der Waals surface area contributed by atoms with Crippen molar-refractivity contribution in [1.29, 1.82) is 0 Å². The number of hydrogen-bond donors (Lipinski definition) is 1. The van der Waals surface area contributed by atoms with Crippen LogP contribution in [0.15, 0.2) is 60.7 Å². The molecule has 4 rings (SSSR count). The minimum Gasteiger partial charge on any atom is -0.353 e. The minimum atomic E-state index is 0.0865. The Kier molecular flexibility index (Phi) is 7.07. The molecule has 0 bridgehead atoms. The van der Waals surface area contributed by atoms with Crippen LogP contribution in [0.3, 0.4) is 0 Å². The normalized spacial score (nSPS) is 20.9. The molecule has 1 aliphatic rings. The summed E-state index contributed by atoms with van der Waals surface area (Å²) in [4.78, 5) is 21.1. The lowest BCUT2D eigenvalue weighted by Crippen LogP contribution is -2.52. The van der Waals surface area contributed by atoms with Gasteiger partial charge in [-0.1, -0.05) is 60.7 Å². The van der Waals surface area contributed by atoms with Gasteiger partial charge in [0.15, 0.2) is 0 Å². The molecule has 1 aromatic heterocycles. The highest BCUT2D eigenvalue weighted by Gasteiger charge is 2.37. The number of rotatable bonds is 7. The number of carbonyl (C=O) groups excluding carboxylic acids is 1. The Bertz CT molecular complexity index is 1020. The number of aryl methyl sites for hydroxylation is 1. The van der Waals surface area contributed by atoms with Gasteiger partial charge in [-0.3, -0.25) is 4.79 Å². The van der Waals surface area contributed by atoms with E-state index in [1.54, 1.807) is 11.3 Å². The van der Waals surface area contributed by atoms with Crippen LogP contribution in [0.4, 0.5) is 0 Å². The van der Waals surface area contributed by atoms with Gasteiger partial charge in [-0.25, -0.2) is 4.98 Å². The number of nitrogens with one attached hydrogen (secondary N) is 1. The molecule has 1 heterocycles. The van der Waals surface area contributed by atoms with E-state index >= 15 is 0 Å². The highest BCUT2D eigenvalue weighted by Crippen LogP contribution is 2.35. The van der Waals surface area contributed by atoms with Crippen LogP contribution in [0.2, 0.25) is 0 Å². The van der Waals surface area contributed by atoms with Crippen LogP contribution in [0.5, 0.6) is 0 Å². The van der Waals surface area contributed by atoms with Gasteiger partial charge in [-0.05, 0) is 58.7 Å². The van der Waals surface area contributed by atoms with Crippen LogP contribution >= 0.6 is 11.3 Å². The van der Waals surface area contributed by atoms with E-state index in [0.717, 1.165) is 53.2 Å². The van der Waals surface area contributed by atoms with Gasteiger partial charge >= 0.3 is 0 Å². The summed E-state index contributed by atoms with van der Waals surface area (Å²) in [6.45, 7) is 2.06. The van der Waals surface area contributed by atoms with Gasteiger partial charge < -0.3 is 10.2 Å². The van der Waals surface area contributed by atoms with Gasteiger partial charge in [-0.15, -0.1) is 11.3 Å². The van der Waals surface area contributed by atoms with Gasteiger partial charge in [0.05, 0.1) is 12.1 Å². The summed E-state index contributed by atoms with van der Waals surface area (Å²) in [6.07, 6.45) is 5.63. The number of hydrogen-bond acceptors (Lipinski definition) is 4. The first-order valence-corrected chi connectivity index (χ1v) is 12.3. The summed E-state index contributed by atoms with van der Waals surface area (Å²) >= 11 is 1.66. The molecule has 1 aliphatic carbocycles. The maximum atomic E-state index is 12.8. The van der Waals surface area contributed by atoms with Crippen molar-refractivity contribution in [3.63, 3.8) is 0 Å². The molecule has 1 N–H and O–H groups in total. The topological polar surface area (TPSA) is 45.2 Å². The summed E-state index contributed by atoms with van der Waals surface area (Å²) in [7, 11) is 4.38. The highest BCUT2D eigenvalue weighted by atomic mass is 32.1. The number of thiazole rings is 1. The van der Waals surface area contributed by atoms with E-state index in [4.69, 9.17) is 4.98 Å². The van der Waals surface area contributed by atoms with Crippen LogP contribution in [-0.2, 0) is 17.6 Å². The van der Waals surface area contributed by atoms with Crippen molar-refractivity contribution < 1.29 is 4.79 Å². The first-order chi connectivity index (χ1) is 15.4. The van der Waals surface area contributed by atoms with E-state index in [9.17, 15) is 4.79 Å². The Balaban J connectivity index is 1.34. The Labute approximate surface area is 195 Å². The summed E-state index contributed by atoms with van der Waals surface area (Å²) < 4.78 is 0. The number of nitrogens with zero attached hydrogens (tertiary/aromatic N) is 2. The van der Waals surface area contributed by atoms with Crippen molar-refractivity contribution >= 4 is 17.2 Å². The fourth-order valence-electron chi connectivity index (χ4n) is 4.78. The average molecular weight is 448 g/mol. The molecule has 3 aromatic rings. The van der Waals surface area contributed by atoms with Crippen LogP contribution < -0.4 is 5.32 Å². The number of amides is 1. The molecular weight excluding hydrogens is 414 g/mol. The number of aromatic nitrogens is 1. The van der Waals surface area contributed by atoms with Gasteiger partial charge in [0, 0.05) is 22.0 Å². The van der Waals surface area contributed by atoms with Crippen molar-refractivity contribution in [3.8, 4) is 10.6 Å². The number of benzene rings is 2. The Morgan fingerprint density at radius 3 is 2.31 bits per heavy atom. The fourth-order valence-corrected chi connectivity index (χ4v) is 5.72. The summed E-state index contributed by atoms with van der Waals surface area (Å²) in [5, 5.41) is 4.28. The third-order valence-electron chi connectivity index (χ3n) is 6.85. The van der Waals surface area contributed by atoms with E-state index in [1.165, 1.54) is 5.56 Å². The molecule has 0 aliphatic heterocycles. The first kappa shape index (κ1) is 22.7.